The van der Waals surface area contributed by atoms with E-state index < -0.39 is 11.5 Å². The number of nitrogens with one attached hydrogen (secondary N) is 1. The number of carbonyl (C=O) groups is 1. The van der Waals surface area contributed by atoms with Crippen LogP contribution in [0.4, 0.5) is 0 Å². The molecule has 33 heavy (non-hydrogen) atoms. The molecule has 0 atom stereocenters. The summed E-state index contributed by atoms with van der Waals surface area (Å²) in [5, 5.41) is 0.525. The average Bonchev–Trinajstić information content (AvgIpc) is 2.82. The molecule has 1 amide bonds. The number of ether oxygens (including phenoxy) is 3. The summed E-state index contributed by atoms with van der Waals surface area (Å²) < 4.78 is 18.5. The molecule has 1 N–H and O–H groups in total. The first-order valence-corrected chi connectivity index (χ1v) is 10.3. The number of methoxy groups -OCH3 is 1. The van der Waals surface area contributed by atoms with Gasteiger partial charge in [-0.25, -0.2) is 9.66 Å². The van der Waals surface area contributed by atoms with E-state index in [-0.39, 0.29) is 17.6 Å². The highest BCUT2D eigenvalue weighted by Crippen LogP contribution is 2.30. The summed E-state index contributed by atoms with van der Waals surface area (Å²) in [6.45, 7) is 1.12. The normalized spacial score (nSPS) is 12.8. The van der Waals surface area contributed by atoms with E-state index in [1.165, 1.54) is 19.4 Å². The number of rotatable bonds is 5. The molecule has 0 bridgehead atoms. The summed E-state index contributed by atoms with van der Waals surface area (Å²) in [5.41, 5.74) is 3.44. The maximum absolute atomic E-state index is 13.2. The van der Waals surface area contributed by atoms with Crippen LogP contribution in [0, 0.1) is 0 Å². The number of hydrogen-bond donors (Lipinski definition) is 1. The minimum Gasteiger partial charge on any atom is -0.486 e. The van der Waals surface area contributed by atoms with Gasteiger partial charge in [0.05, 0.1) is 28.4 Å². The maximum atomic E-state index is 13.2. The number of fused-ring (bicyclic) bond motifs is 3. The Kier molecular flexibility index (Phi) is 5.27. The molecule has 1 aliphatic rings. The summed E-state index contributed by atoms with van der Waals surface area (Å²) in [4.78, 5) is 42.3. The molecule has 0 unspecified atom stereocenters. The zero-order valence-electron chi connectivity index (χ0n) is 17.7. The summed E-state index contributed by atoms with van der Waals surface area (Å²) in [6, 6.07) is 10.4. The Morgan fingerprint density at radius 3 is 2.52 bits per heavy atom. The van der Waals surface area contributed by atoms with Crippen molar-refractivity contribution in [1.82, 2.24) is 14.2 Å². The van der Waals surface area contributed by atoms with E-state index in [0.29, 0.717) is 47.7 Å². The second-order valence-corrected chi connectivity index (χ2v) is 7.54. The first-order chi connectivity index (χ1) is 16.0. The lowest BCUT2D eigenvalue weighted by Gasteiger charge is -2.19. The Morgan fingerprint density at radius 1 is 1.00 bits per heavy atom. The predicted octanol–water partition coefficient (Wildman–Crippen LogP) is 1.25. The molecule has 0 aliphatic carbocycles. The van der Waals surface area contributed by atoms with Gasteiger partial charge in [0.15, 0.2) is 11.5 Å². The van der Waals surface area contributed by atoms with Crippen molar-refractivity contribution in [2.24, 2.45) is 0 Å². The van der Waals surface area contributed by atoms with Gasteiger partial charge in [-0.2, -0.15) is 0 Å². The van der Waals surface area contributed by atoms with Gasteiger partial charge in [-0.1, -0.05) is 6.07 Å². The van der Waals surface area contributed by atoms with Crippen LogP contribution in [0.2, 0.25) is 0 Å². The van der Waals surface area contributed by atoms with Gasteiger partial charge in [0.1, 0.15) is 19.8 Å². The fourth-order valence-corrected chi connectivity index (χ4v) is 3.76. The van der Waals surface area contributed by atoms with Crippen LogP contribution in [0.25, 0.3) is 21.8 Å². The molecule has 0 fully saturated rings. The Bertz CT molecular complexity index is 1510. The predicted molar refractivity (Wildman–Crippen MR) is 121 cm³/mol. The summed E-state index contributed by atoms with van der Waals surface area (Å²) in [6.07, 6.45) is 3.09. The molecule has 0 saturated heterocycles. The van der Waals surface area contributed by atoms with E-state index >= 15 is 0 Å². The number of amides is 1. The number of nitrogens with zero attached hydrogens (tertiary/aromatic N) is 3. The van der Waals surface area contributed by atoms with Crippen LogP contribution in [-0.2, 0) is 16.1 Å². The van der Waals surface area contributed by atoms with Crippen LogP contribution in [0.1, 0.15) is 5.56 Å². The smallest absolute Gasteiger partial charge is 0.278 e. The Morgan fingerprint density at radius 2 is 1.73 bits per heavy atom. The fraction of sp³-hybridized carbons (Fsp3) is 0.217. The molecule has 3 aromatic heterocycles. The highest BCUT2D eigenvalue weighted by molar-refractivity contribution is 5.92. The van der Waals surface area contributed by atoms with Gasteiger partial charge in [-0.05, 0) is 35.9 Å². The summed E-state index contributed by atoms with van der Waals surface area (Å²) in [5.74, 6) is 0.853. The summed E-state index contributed by atoms with van der Waals surface area (Å²) in [7, 11) is 1.38. The van der Waals surface area contributed by atoms with Gasteiger partial charge in [-0.3, -0.25) is 19.8 Å². The quantitative estimate of drug-likeness (QED) is 0.457. The van der Waals surface area contributed by atoms with E-state index in [0.717, 1.165) is 10.2 Å². The van der Waals surface area contributed by atoms with Gasteiger partial charge < -0.3 is 18.8 Å². The zero-order valence-corrected chi connectivity index (χ0v) is 17.7. The van der Waals surface area contributed by atoms with E-state index in [9.17, 15) is 14.4 Å². The lowest BCUT2D eigenvalue weighted by molar-refractivity contribution is -0.120. The topological polar surface area (TPSA) is 114 Å². The Balaban J connectivity index is 1.54. The third kappa shape index (κ3) is 3.92. The standard InChI is InChI=1S/C23H20N4O6/c1-31-13-21(28)25-27-7-5-18-16(23(27)30)11-15-17(24-18)4-6-26(22(15)29)12-14-2-3-19-20(10-14)33-9-8-32-19/h2-7,10-11H,8-9,12-13H2,1H3,(H,25,28). The molecule has 5 rings (SSSR count). The molecule has 10 nitrogen and oxygen atoms in total. The first kappa shape index (κ1) is 20.7. The van der Waals surface area contributed by atoms with Crippen molar-refractivity contribution in [3.8, 4) is 11.5 Å². The Labute approximate surface area is 186 Å². The van der Waals surface area contributed by atoms with Crippen LogP contribution >= 0.6 is 0 Å². The third-order valence-electron chi connectivity index (χ3n) is 5.30. The van der Waals surface area contributed by atoms with Crippen molar-refractivity contribution in [2.75, 3.05) is 32.4 Å². The summed E-state index contributed by atoms with van der Waals surface area (Å²) >= 11 is 0. The molecule has 168 valence electrons. The Hall–Kier alpha value is -4.18. The van der Waals surface area contributed by atoms with Crippen LogP contribution < -0.4 is 26.0 Å². The molecule has 1 aromatic carbocycles. The van der Waals surface area contributed by atoms with Gasteiger partial charge in [0.2, 0.25) is 0 Å². The van der Waals surface area contributed by atoms with Crippen molar-refractivity contribution in [2.45, 2.75) is 6.54 Å². The molecule has 4 heterocycles. The third-order valence-corrected chi connectivity index (χ3v) is 5.30. The van der Waals surface area contributed by atoms with E-state index in [4.69, 9.17) is 14.2 Å². The zero-order chi connectivity index (χ0) is 22.9. The van der Waals surface area contributed by atoms with Crippen LogP contribution in [0.15, 0.2) is 58.4 Å². The largest absolute Gasteiger partial charge is 0.486 e. The fourth-order valence-electron chi connectivity index (χ4n) is 3.76. The molecule has 4 aromatic rings. The average molecular weight is 448 g/mol. The van der Waals surface area contributed by atoms with Crippen LogP contribution in [-0.4, -0.2) is 47.1 Å². The number of pyridine rings is 3. The molecule has 0 radical (unpaired) electrons. The monoisotopic (exact) mass is 448 g/mol. The van der Waals surface area contributed by atoms with Crippen molar-refractivity contribution in [1.29, 1.82) is 0 Å². The molecule has 1 aliphatic heterocycles. The SMILES string of the molecule is COCC(=O)Nn1ccc2nc3ccn(Cc4ccc5c(c4)OCCO5)c(=O)c3cc2c1=O. The lowest BCUT2D eigenvalue weighted by atomic mass is 10.1. The van der Waals surface area contributed by atoms with Crippen LogP contribution in [0.3, 0.4) is 0 Å². The van der Waals surface area contributed by atoms with Gasteiger partial charge in [0, 0.05) is 19.5 Å². The highest BCUT2D eigenvalue weighted by atomic mass is 16.6. The van der Waals surface area contributed by atoms with Crippen molar-refractivity contribution < 1.29 is 19.0 Å². The van der Waals surface area contributed by atoms with E-state index in [1.807, 2.05) is 18.2 Å². The maximum Gasteiger partial charge on any atom is 0.278 e. The number of hydrogen-bond acceptors (Lipinski definition) is 7. The van der Waals surface area contributed by atoms with E-state index in [1.54, 1.807) is 22.9 Å². The molecular weight excluding hydrogens is 428 g/mol. The van der Waals surface area contributed by atoms with E-state index in [2.05, 4.69) is 10.4 Å². The first-order valence-electron chi connectivity index (χ1n) is 10.3. The highest BCUT2D eigenvalue weighted by Gasteiger charge is 2.14. The molecular formula is C23H20N4O6. The number of benzene rings is 1. The minimum atomic E-state index is -0.493. The van der Waals surface area contributed by atoms with Crippen LogP contribution in [0.5, 0.6) is 11.5 Å². The van der Waals surface area contributed by atoms with Crippen molar-refractivity contribution in [3.05, 3.63) is 75.1 Å². The second-order valence-electron chi connectivity index (χ2n) is 7.54. The van der Waals surface area contributed by atoms with Crippen molar-refractivity contribution in [3.63, 3.8) is 0 Å². The second kappa shape index (κ2) is 8.40. The van der Waals surface area contributed by atoms with Gasteiger partial charge in [0.25, 0.3) is 17.0 Å². The molecule has 0 spiro atoms. The number of aromatic nitrogens is 3. The number of carbonyl (C=O) groups excluding carboxylic acids is 1. The molecule has 0 saturated carbocycles. The van der Waals surface area contributed by atoms with Crippen molar-refractivity contribution >= 4 is 27.7 Å². The lowest BCUT2D eigenvalue weighted by Crippen LogP contribution is -2.34. The van der Waals surface area contributed by atoms with Gasteiger partial charge in [-0.15, -0.1) is 0 Å². The van der Waals surface area contributed by atoms with Gasteiger partial charge >= 0.3 is 0 Å². The molecule has 10 heteroatoms. The minimum absolute atomic E-state index is 0.189.